The van der Waals surface area contributed by atoms with Crippen LogP contribution in [0.15, 0.2) is 49.1 Å². The lowest BCUT2D eigenvalue weighted by atomic mass is 10.1. The van der Waals surface area contributed by atoms with Gasteiger partial charge in [-0.3, -0.25) is 4.79 Å². The zero-order valence-corrected chi connectivity index (χ0v) is 19.1. The highest BCUT2D eigenvalue weighted by molar-refractivity contribution is 6.07. The van der Waals surface area contributed by atoms with E-state index >= 15 is 0 Å². The molecule has 7 nitrogen and oxygen atoms in total. The highest BCUT2D eigenvalue weighted by Gasteiger charge is 2.18. The van der Waals surface area contributed by atoms with Crippen molar-refractivity contribution in [2.75, 3.05) is 5.73 Å². The highest BCUT2D eigenvalue weighted by atomic mass is 16.3. The molecule has 2 aromatic carbocycles. The number of imidazole rings is 1. The number of carbonyl (C=O) groups is 1. The molecule has 0 aliphatic carbocycles. The van der Waals surface area contributed by atoms with Crippen molar-refractivity contribution in [3.05, 3.63) is 71.6 Å². The van der Waals surface area contributed by atoms with E-state index < -0.39 is 0 Å². The van der Waals surface area contributed by atoms with Gasteiger partial charge in [-0.1, -0.05) is 38.1 Å². The van der Waals surface area contributed by atoms with Gasteiger partial charge in [0.1, 0.15) is 17.1 Å². The molecule has 2 aromatic heterocycles. The van der Waals surface area contributed by atoms with Crippen molar-refractivity contribution in [2.24, 2.45) is 0 Å². The molecule has 4 aromatic rings. The molecule has 0 atom stereocenters. The van der Waals surface area contributed by atoms with Crippen molar-refractivity contribution in [2.45, 2.75) is 46.2 Å². The van der Waals surface area contributed by atoms with Crippen molar-refractivity contribution < 1.29 is 9.90 Å². The standard InChI is InChI=1S/C26H29N5O2/c1-4-6-7-22-30-24-25(31(22)15-18-9-11-21(32)16(3)12-18)19-13-17(14-28-23(33)5-2)8-10-20(19)29-26(24)27/h5,8-13,32H,2,4,6-7,14-15H2,1,3H3,(H2,27,29)(H,28,33). The van der Waals surface area contributed by atoms with Gasteiger partial charge in [-0.05, 0) is 54.3 Å². The van der Waals surface area contributed by atoms with E-state index in [2.05, 4.69) is 28.4 Å². The molecule has 0 fully saturated rings. The Hall–Kier alpha value is -3.87. The van der Waals surface area contributed by atoms with Crippen LogP contribution in [0.5, 0.6) is 5.75 Å². The first-order valence-corrected chi connectivity index (χ1v) is 11.2. The number of benzene rings is 2. The number of rotatable bonds is 8. The molecule has 0 saturated heterocycles. The lowest BCUT2D eigenvalue weighted by molar-refractivity contribution is -0.116. The van der Waals surface area contributed by atoms with Crippen molar-refractivity contribution in [1.82, 2.24) is 19.9 Å². The summed E-state index contributed by atoms with van der Waals surface area (Å²) in [6.45, 7) is 8.54. The average molecular weight is 444 g/mol. The summed E-state index contributed by atoms with van der Waals surface area (Å²) in [4.78, 5) is 21.1. The van der Waals surface area contributed by atoms with E-state index in [0.717, 1.165) is 58.2 Å². The topological polar surface area (TPSA) is 106 Å². The van der Waals surface area contributed by atoms with Gasteiger partial charge >= 0.3 is 0 Å². The van der Waals surface area contributed by atoms with Crippen LogP contribution in [0, 0.1) is 6.92 Å². The van der Waals surface area contributed by atoms with Gasteiger partial charge in [0.15, 0.2) is 5.82 Å². The van der Waals surface area contributed by atoms with Gasteiger partial charge in [0.2, 0.25) is 5.91 Å². The molecule has 0 radical (unpaired) electrons. The van der Waals surface area contributed by atoms with E-state index in [0.29, 0.717) is 24.4 Å². The summed E-state index contributed by atoms with van der Waals surface area (Å²) < 4.78 is 2.21. The summed E-state index contributed by atoms with van der Waals surface area (Å²) in [6, 6.07) is 11.6. The maximum atomic E-state index is 11.6. The van der Waals surface area contributed by atoms with Gasteiger partial charge in [0, 0.05) is 24.9 Å². The van der Waals surface area contributed by atoms with Crippen molar-refractivity contribution in [3.8, 4) is 5.75 Å². The number of phenolic OH excluding ortho intramolecular Hbond substituents is 1. The number of aromatic nitrogens is 3. The summed E-state index contributed by atoms with van der Waals surface area (Å²) in [5, 5.41) is 13.7. The molecule has 2 heterocycles. The summed E-state index contributed by atoms with van der Waals surface area (Å²) in [5.41, 5.74) is 11.6. The number of aromatic hydroxyl groups is 1. The van der Waals surface area contributed by atoms with Crippen molar-refractivity contribution in [1.29, 1.82) is 0 Å². The summed E-state index contributed by atoms with van der Waals surface area (Å²) in [7, 11) is 0. The summed E-state index contributed by atoms with van der Waals surface area (Å²) in [6.07, 6.45) is 4.17. The fourth-order valence-corrected chi connectivity index (χ4v) is 4.07. The van der Waals surface area contributed by atoms with E-state index in [1.165, 1.54) is 6.08 Å². The monoisotopic (exact) mass is 443 g/mol. The first-order valence-electron chi connectivity index (χ1n) is 11.2. The first-order chi connectivity index (χ1) is 15.9. The van der Waals surface area contributed by atoms with Crippen LogP contribution in [0.4, 0.5) is 5.82 Å². The number of anilines is 1. The molecule has 0 aliphatic heterocycles. The number of carbonyl (C=O) groups excluding carboxylic acids is 1. The minimum Gasteiger partial charge on any atom is -0.508 e. The summed E-state index contributed by atoms with van der Waals surface area (Å²) in [5.74, 6) is 1.43. The molecule has 0 aliphatic rings. The Morgan fingerprint density at radius 3 is 2.73 bits per heavy atom. The Morgan fingerprint density at radius 1 is 1.21 bits per heavy atom. The average Bonchev–Trinajstić information content (AvgIpc) is 3.17. The van der Waals surface area contributed by atoms with E-state index in [-0.39, 0.29) is 11.7 Å². The van der Waals surface area contributed by atoms with E-state index in [4.69, 9.17) is 10.7 Å². The van der Waals surface area contributed by atoms with Gasteiger partial charge in [0.25, 0.3) is 0 Å². The largest absolute Gasteiger partial charge is 0.508 e. The lowest BCUT2D eigenvalue weighted by Gasteiger charge is -2.13. The minimum atomic E-state index is -0.217. The Kier molecular flexibility index (Phi) is 6.31. The van der Waals surface area contributed by atoms with Crippen LogP contribution in [0.25, 0.3) is 21.9 Å². The second-order valence-electron chi connectivity index (χ2n) is 8.31. The number of hydrogen-bond donors (Lipinski definition) is 3. The molecule has 0 saturated carbocycles. The smallest absolute Gasteiger partial charge is 0.243 e. The fourth-order valence-electron chi connectivity index (χ4n) is 4.07. The van der Waals surface area contributed by atoms with Crippen molar-refractivity contribution in [3.63, 3.8) is 0 Å². The normalized spacial score (nSPS) is 11.2. The predicted molar refractivity (Wildman–Crippen MR) is 132 cm³/mol. The number of nitrogen functional groups attached to an aromatic ring is 1. The maximum Gasteiger partial charge on any atom is 0.243 e. The predicted octanol–water partition coefficient (Wildman–Crippen LogP) is 4.37. The Labute approximate surface area is 193 Å². The molecule has 4 N–H and O–H groups in total. The number of phenols is 1. The number of nitrogens with zero attached hydrogens (tertiary/aromatic N) is 3. The van der Waals surface area contributed by atoms with Gasteiger partial charge in [-0.2, -0.15) is 0 Å². The molecule has 7 heteroatoms. The van der Waals surface area contributed by atoms with Crippen LogP contribution in [0.3, 0.4) is 0 Å². The Balaban J connectivity index is 1.89. The molecule has 4 rings (SSSR count). The van der Waals surface area contributed by atoms with Gasteiger partial charge in [0.05, 0.1) is 11.0 Å². The van der Waals surface area contributed by atoms with Crippen LogP contribution in [-0.2, 0) is 24.3 Å². The minimum absolute atomic E-state index is 0.217. The molecular formula is C26H29N5O2. The van der Waals surface area contributed by atoms with E-state index in [9.17, 15) is 9.90 Å². The molecule has 0 bridgehead atoms. The number of amides is 1. The number of aryl methyl sites for hydroxylation is 2. The van der Waals surface area contributed by atoms with E-state index in [1.54, 1.807) is 6.07 Å². The zero-order chi connectivity index (χ0) is 23.5. The van der Waals surface area contributed by atoms with Crippen LogP contribution in [0.1, 0.15) is 42.3 Å². The second kappa shape index (κ2) is 9.32. The first kappa shape index (κ1) is 22.3. The summed E-state index contributed by atoms with van der Waals surface area (Å²) >= 11 is 0. The SMILES string of the molecule is C=CC(=O)NCc1ccc2nc(N)c3nc(CCCC)n(Cc4ccc(O)c(C)c4)c3c2c1. The third-order valence-electron chi connectivity index (χ3n) is 5.85. The van der Waals surface area contributed by atoms with Crippen molar-refractivity contribution >= 4 is 33.7 Å². The number of nitrogens with one attached hydrogen (secondary N) is 1. The third-order valence-corrected chi connectivity index (χ3v) is 5.85. The maximum absolute atomic E-state index is 11.6. The molecule has 170 valence electrons. The Morgan fingerprint density at radius 2 is 2.00 bits per heavy atom. The van der Waals surface area contributed by atoms with Gasteiger partial charge in [-0.25, -0.2) is 9.97 Å². The number of nitrogens with two attached hydrogens (primary N) is 1. The fraction of sp³-hybridized carbons (Fsp3) is 0.269. The van der Waals surface area contributed by atoms with Crippen LogP contribution in [-0.4, -0.2) is 25.5 Å². The van der Waals surface area contributed by atoms with Crippen LogP contribution >= 0.6 is 0 Å². The number of unbranched alkanes of at least 4 members (excludes halogenated alkanes) is 1. The van der Waals surface area contributed by atoms with Gasteiger partial charge < -0.3 is 20.7 Å². The van der Waals surface area contributed by atoms with Crippen LogP contribution in [0.2, 0.25) is 0 Å². The molecule has 33 heavy (non-hydrogen) atoms. The molecule has 1 amide bonds. The molecule has 0 spiro atoms. The molecular weight excluding hydrogens is 414 g/mol. The molecule has 0 unspecified atom stereocenters. The lowest BCUT2D eigenvalue weighted by Crippen LogP contribution is -2.19. The quantitative estimate of drug-likeness (QED) is 0.351. The number of pyridine rings is 1. The van der Waals surface area contributed by atoms with E-state index in [1.807, 2.05) is 37.3 Å². The number of hydrogen-bond acceptors (Lipinski definition) is 5. The number of fused-ring (bicyclic) bond motifs is 3. The zero-order valence-electron chi connectivity index (χ0n) is 19.1. The van der Waals surface area contributed by atoms with Gasteiger partial charge in [-0.15, -0.1) is 0 Å². The third kappa shape index (κ3) is 4.53. The highest BCUT2D eigenvalue weighted by Crippen LogP contribution is 2.31. The second-order valence-corrected chi connectivity index (χ2v) is 8.31. The Bertz CT molecular complexity index is 1360. The van der Waals surface area contributed by atoms with Crippen LogP contribution < -0.4 is 11.1 Å².